The van der Waals surface area contributed by atoms with E-state index in [9.17, 15) is 9.59 Å². The molecule has 0 unspecified atom stereocenters. The molecule has 0 heterocycles. The molecule has 0 atom stereocenters. The molecule has 2 aromatic carbocycles. The van der Waals surface area contributed by atoms with Crippen LogP contribution in [-0.2, 0) is 32.3 Å². The van der Waals surface area contributed by atoms with E-state index in [0.29, 0.717) is 0 Å². The molecule has 0 aliphatic heterocycles. The first-order chi connectivity index (χ1) is 13.3. The Morgan fingerprint density at radius 3 is 1.25 bits per heavy atom. The lowest BCUT2D eigenvalue weighted by Crippen LogP contribution is -2.23. The lowest BCUT2D eigenvalue weighted by molar-refractivity contribution is -0.146. The molecule has 28 heavy (non-hydrogen) atoms. The van der Waals surface area contributed by atoms with Crippen molar-refractivity contribution in [2.45, 2.75) is 13.2 Å². The van der Waals surface area contributed by atoms with Crippen LogP contribution >= 0.6 is 0 Å². The first-order valence-electron chi connectivity index (χ1n) is 9.12. The number of ether oxygens (including phenoxy) is 2. The van der Waals surface area contributed by atoms with Gasteiger partial charge >= 0.3 is 11.9 Å². The van der Waals surface area contributed by atoms with Gasteiger partial charge in [-0.15, -0.1) is 0 Å². The van der Waals surface area contributed by atoms with Crippen LogP contribution in [-0.4, -0.2) is 63.0 Å². The molecule has 0 spiro atoms. The Labute approximate surface area is 166 Å². The van der Waals surface area contributed by atoms with Crippen molar-refractivity contribution in [3.63, 3.8) is 0 Å². The second kappa shape index (κ2) is 10.6. The average molecular weight is 384 g/mol. The fourth-order valence-corrected chi connectivity index (χ4v) is 2.52. The first kappa shape index (κ1) is 21.6. The Bertz CT molecular complexity index is 701. The summed E-state index contributed by atoms with van der Waals surface area (Å²) in [5.74, 6) is -0.480. The van der Waals surface area contributed by atoms with Crippen molar-refractivity contribution in [3.8, 4) is 11.1 Å². The van der Waals surface area contributed by atoms with Crippen molar-refractivity contribution in [2.24, 2.45) is 0 Å². The van der Waals surface area contributed by atoms with Crippen LogP contribution in [0.2, 0.25) is 0 Å². The Hall–Kier alpha value is -2.70. The second-order valence-corrected chi connectivity index (χ2v) is 7.19. The number of hydrogen-bond acceptors (Lipinski definition) is 6. The summed E-state index contributed by atoms with van der Waals surface area (Å²) in [5, 5.41) is 0. The minimum absolute atomic E-state index is 0.240. The van der Waals surface area contributed by atoms with Gasteiger partial charge in [-0.25, -0.2) is 0 Å². The molecule has 6 nitrogen and oxygen atoms in total. The summed E-state index contributed by atoms with van der Waals surface area (Å²) in [7, 11) is 7.31. The largest absolute Gasteiger partial charge is 0.460 e. The van der Waals surface area contributed by atoms with Gasteiger partial charge in [0.05, 0.1) is 13.1 Å². The zero-order chi connectivity index (χ0) is 20.5. The molecule has 0 saturated carbocycles. The molecule has 6 heteroatoms. The summed E-state index contributed by atoms with van der Waals surface area (Å²) < 4.78 is 10.5. The zero-order valence-electron chi connectivity index (χ0n) is 17.0. The van der Waals surface area contributed by atoms with Gasteiger partial charge in [0.2, 0.25) is 0 Å². The summed E-state index contributed by atoms with van der Waals surface area (Å²) in [6, 6.07) is 15.8. The molecule has 0 bridgehead atoms. The van der Waals surface area contributed by atoms with Crippen LogP contribution < -0.4 is 0 Å². The number of nitrogens with zero attached hydrogens (tertiary/aromatic N) is 2. The number of likely N-dealkylation sites (N-methyl/N-ethyl adjacent to an activating group) is 2. The minimum atomic E-state index is -0.240. The quantitative estimate of drug-likeness (QED) is 0.620. The van der Waals surface area contributed by atoms with E-state index in [1.54, 1.807) is 9.80 Å². The van der Waals surface area contributed by atoms with Crippen molar-refractivity contribution in [3.05, 3.63) is 59.7 Å². The van der Waals surface area contributed by atoms with Crippen LogP contribution in [0.25, 0.3) is 11.1 Å². The van der Waals surface area contributed by atoms with Gasteiger partial charge in [-0.3, -0.25) is 19.4 Å². The Morgan fingerprint density at radius 1 is 0.643 bits per heavy atom. The zero-order valence-corrected chi connectivity index (χ0v) is 17.0. The van der Waals surface area contributed by atoms with Gasteiger partial charge in [-0.1, -0.05) is 48.5 Å². The molecule has 2 rings (SSSR count). The molecular weight excluding hydrogens is 356 g/mol. The van der Waals surface area contributed by atoms with E-state index in [-0.39, 0.29) is 38.2 Å². The molecule has 0 radical (unpaired) electrons. The summed E-state index contributed by atoms with van der Waals surface area (Å²) in [6.07, 6.45) is 0. The van der Waals surface area contributed by atoms with Gasteiger partial charge < -0.3 is 9.47 Å². The molecule has 2 aromatic rings. The monoisotopic (exact) mass is 384 g/mol. The van der Waals surface area contributed by atoms with Crippen molar-refractivity contribution >= 4 is 11.9 Å². The average Bonchev–Trinajstić information content (AvgIpc) is 2.64. The van der Waals surface area contributed by atoms with E-state index < -0.39 is 0 Å². The van der Waals surface area contributed by atoms with Crippen LogP contribution in [0, 0.1) is 0 Å². The maximum Gasteiger partial charge on any atom is 0.320 e. The highest BCUT2D eigenvalue weighted by Crippen LogP contribution is 2.21. The summed E-state index contributed by atoms with van der Waals surface area (Å²) >= 11 is 0. The molecule has 0 aliphatic carbocycles. The van der Waals surface area contributed by atoms with Gasteiger partial charge in [0.15, 0.2) is 0 Å². The fraction of sp³-hybridized carbons (Fsp3) is 0.364. The highest BCUT2D eigenvalue weighted by atomic mass is 16.5. The van der Waals surface area contributed by atoms with Crippen LogP contribution in [0.3, 0.4) is 0 Å². The van der Waals surface area contributed by atoms with E-state index >= 15 is 0 Å². The predicted molar refractivity (Wildman–Crippen MR) is 109 cm³/mol. The Kier molecular flexibility index (Phi) is 8.17. The molecule has 0 aliphatic rings. The number of carbonyl (C=O) groups excluding carboxylic acids is 2. The molecule has 0 amide bonds. The number of carbonyl (C=O) groups is 2. The first-order valence-corrected chi connectivity index (χ1v) is 9.12. The van der Waals surface area contributed by atoms with E-state index in [0.717, 1.165) is 22.3 Å². The maximum atomic E-state index is 11.6. The highest BCUT2D eigenvalue weighted by molar-refractivity contribution is 5.72. The summed E-state index contributed by atoms with van der Waals surface area (Å²) in [5.41, 5.74) is 4.03. The van der Waals surface area contributed by atoms with Gasteiger partial charge in [-0.2, -0.15) is 0 Å². The maximum absolute atomic E-state index is 11.6. The van der Waals surface area contributed by atoms with Crippen molar-refractivity contribution in [1.29, 1.82) is 0 Å². The minimum Gasteiger partial charge on any atom is -0.460 e. The third-order valence-corrected chi connectivity index (χ3v) is 3.93. The normalized spacial score (nSPS) is 10.9. The fourth-order valence-electron chi connectivity index (χ4n) is 2.52. The SMILES string of the molecule is CN(C)CC(=O)OCc1ccc(-c2ccc(COC(=O)CN(C)C)cc2)cc1. The Morgan fingerprint density at radius 2 is 0.964 bits per heavy atom. The van der Waals surface area contributed by atoms with E-state index in [4.69, 9.17) is 9.47 Å². The van der Waals surface area contributed by atoms with Gasteiger partial charge in [0.1, 0.15) is 13.2 Å². The third-order valence-electron chi connectivity index (χ3n) is 3.93. The van der Waals surface area contributed by atoms with Crippen LogP contribution in [0.5, 0.6) is 0 Å². The molecule has 0 saturated heterocycles. The van der Waals surface area contributed by atoms with Gasteiger partial charge in [0.25, 0.3) is 0 Å². The van der Waals surface area contributed by atoms with Crippen LogP contribution in [0.1, 0.15) is 11.1 Å². The molecule has 0 N–H and O–H groups in total. The number of rotatable bonds is 9. The van der Waals surface area contributed by atoms with Gasteiger partial charge in [-0.05, 0) is 50.4 Å². The van der Waals surface area contributed by atoms with Crippen molar-refractivity contribution in [2.75, 3.05) is 41.3 Å². The number of benzene rings is 2. The molecular formula is C22H28N2O4. The van der Waals surface area contributed by atoms with Crippen molar-refractivity contribution < 1.29 is 19.1 Å². The molecule has 150 valence electrons. The van der Waals surface area contributed by atoms with Crippen LogP contribution in [0.15, 0.2) is 48.5 Å². The molecule has 0 fully saturated rings. The summed E-state index contributed by atoms with van der Waals surface area (Å²) in [4.78, 5) is 26.7. The van der Waals surface area contributed by atoms with Crippen LogP contribution in [0.4, 0.5) is 0 Å². The van der Waals surface area contributed by atoms with Crippen molar-refractivity contribution in [1.82, 2.24) is 9.80 Å². The van der Waals surface area contributed by atoms with E-state index in [1.807, 2.05) is 76.7 Å². The standard InChI is InChI=1S/C22H28N2O4/c1-23(2)13-21(25)27-15-17-5-9-19(10-6-17)20-11-7-18(8-12-20)16-28-22(26)14-24(3)4/h5-12H,13-16H2,1-4H3. The topological polar surface area (TPSA) is 59.1 Å². The van der Waals surface area contributed by atoms with Gasteiger partial charge in [0, 0.05) is 0 Å². The predicted octanol–water partition coefficient (Wildman–Crippen LogP) is 2.56. The van der Waals surface area contributed by atoms with E-state index in [1.165, 1.54) is 0 Å². The number of esters is 2. The number of hydrogen-bond donors (Lipinski definition) is 0. The summed E-state index contributed by atoms with van der Waals surface area (Å²) in [6.45, 7) is 1.08. The lowest BCUT2D eigenvalue weighted by atomic mass is 10.0. The third kappa shape index (κ3) is 7.50. The van der Waals surface area contributed by atoms with E-state index in [2.05, 4.69) is 0 Å². The highest BCUT2D eigenvalue weighted by Gasteiger charge is 2.06. The Balaban J connectivity index is 1.88. The second-order valence-electron chi connectivity index (χ2n) is 7.19. The molecule has 0 aromatic heterocycles. The smallest absolute Gasteiger partial charge is 0.320 e. The lowest BCUT2D eigenvalue weighted by Gasteiger charge is -2.11.